The molecule has 1 unspecified atom stereocenters. The van der Waals surface area contributed by atoms with E-state index in [1.54, 1.807) is 6.20 Å². The molecule has 2 aromatic rings. The lowest BCUT2D eigenvalue weighted by Gasteiger charge is -2.12. The lowest BCUT2D eigenvalue weighted by molar-refractivity contribution is 0.602. The third kappa shape index (κ3) is 3.95. The van der Waals surface area contributed by atoms with Crippen molar-refractivity contribution in [2.24, 2.45) is 0 Å². The molecule has 7 nitrogen and oxygen atoms in total. The zero-order valence-corrected chi connectivity index (χ0v) is 13.7. The first-order valence-electron chi connectivity index (χ1n) is 7.57. The van der Waals surface area contributed by atoms with Crippen molar-refractivity contribution in [2.75, 3.05) is 22.1 Å². The van der Waals surface area contributed by atoms with E-state index in [2.05, 4.69) is 38.8 Å². The number of aromatic nitrogens is 3. The smallest absolute Gasteiger partial charge is 0.244 e. The molecule has 1 aliphatic heterocycles. The summed E-state index contributed by atoms with van der Waals surface area (Å²) < 4.78 is 23.0. The Bertz CT molecular complexity index is 794. The fraction of sp³-hybridized carbons (Fsp3) is 0.400. The summed E-state index contributed by atoms with van der Waals surface area (Å²) in [5, 5.41) is 14.1. The average Bonchev–Trinajstić information content (AvgIpc) is 2.87. The number of nitrogens with zero attached hydrogens (tertiary/aromatic N) is 3. The van der Waals surface area contributed by atoms with Gasteiger partial charge in [-0.15, -0.1) is 5.10 Å². The molecule has 0 aliphatic carbocycles. The SMILES string of the molecule is CCc1ccccc1Nc1cnnc(NC2CCS(=O)(=O)C2)n1. The predicted molar refractivity (Wildman–Crippen MR) is 89.6 cm³/mol. The topological polar surface area (TPSA) is 96.9 Å². The minimum absolute atomic E-state index is 0.118. The van der Waals surface area contributed by atoms with Crippen molar-refractivity contribution in [3.05, 3.63) is 36.0 Å². The molecule has 1 aromatic carbocycles. The van der Waals surface area contributed by atoms with Gasteiger partial charge in [0.05, 0.1) is 17.7 Å². The molecule has 1 aromatic heterocycles. The monoisotopic (exact) mass is 333 g/mol. The Balaban J connectivity index is 1.73. The van der Waals surface area contributed by atoms with Crippen LogP contribution in [-0.4, -0.2) is 41.1 Å². The highest BCUT2D eigenvalue weighted by molar-refractivity contribution is 7.91. The average molecular weight is 333 g/mol. The van der Waals surface area contributed by atoms with Gasteiger partial charge in [-0.1, -0.05) is 25.1 Å². The van der Waals surface area contributed by atoms with Crippen molar-refractivity contribution < 1.29 is 8.42 Å². The molecular weight excluding hydrogens is 314 g/mol. The zero-order chi connectivity index (χ0) is 16.3. The Morgan fingerprint density at radius 3 is 2.87 bits per heavy atom. The third-order valence-electron chi connectivity index (χ3n) is 3.79. The summed E-state index contributed by atoms with van der Waals surface area (Å²) in [6.07, 6.45) is 3.03. The Morgan fingerprint density at radius 1 is 1.30 bits per heavy atom. The molecule has 1 saturated heterocycles. The van der Waals surface area contributed by atoms with Gasteiger partial charge in [-0.2, -0.15) is 10.1 Å². The number of hydrogen-bond donors (Lipinski definition) is 2. The molecule has 0 radical (unpaired) electrons. The van der Waals surface area contributed by atoms with Crippen LogP contribution in [0.25, 0.3) is 0 Å². The Kier molecular flexibility index (Phi) is 4.42. The molecule has 1 fully saturated rings. The first-order chi connectivity index (χ1) is 11.1. The summed E-state index contributed by atoms with van der Waals surface area (Å²) >= 11 is 0. The lowest BCUT2D eigenvalue weighted by Crippen LogP contribution is -2.22. The second kappa shape index (κ2) is 6.49. The van der Waals surface area contributed by atoms with E-state index in [1.807, 2.05) is 18.2 Å². The van der Waals surface area contributed by atoms with Crippen LogP contribution in [0.1, 0.15) is 18.9 Å². The highest BCUT2D eigenvalue weighted by atomic mass is 32.2. The van der Waals surface area contributed by atoms with Crippen LogP contribution in [0, 0.1) is 0 Å². The number of para-hydroxylation sites is 1. The van der Waals surface area contributed by atoms with Crippen molar-refractivity contribution in [3.8, 4) is 0 Å². The van der Waals surface area contributed by atoms with Gasteiger partial charge in [0.2, 0.25) is 5.95 Å². The number of anilines is 3. The van der Waals surface area contributed by atoms with Crippen molar-refractivity contribution in [3.63, 3.8) is 0 Å². The molecule has 1 atom stereocenters. The normalized spacial score (nSPS) is 19.4. The van der Waals surface area contributed by atoms with Gasteiger partial charge in [0.1, 0.15) is 0 Å². The molecule has 3 rings (SSSR count). The van der Waals surface area contributed by atoms with Crippen LogP contribution >= 0.6 is 0 Å². The second-order valence-electron chi connectivity index (χ2n) is 5.55. The van der Waals surface area contributed by atoms with E-state index in [9.17, 15) is 8.42 Å². The number of rotatable bonds is 5. The van der Waals surface area contributed by atoms with Gasteiger partial charge in [-0.3, -0.25) is 0 Å². The summed E-state index contributed by atoms with van der Waals surface area (Å²) in [5.41, 5.74) is 2.16. The van der Waals surface area contributed by atoms with Gasteiger partial charge in [-0.25, -0.2) is 8.42 Å². The van der Waals surface area contributed by atoms with E-state index >= 15 is 0 Å². The molecule has 0 bridgehead atoms. The molecule has 1 aliphatic rings. The van der Waals surface area contributed by atoms with E-state index in [0.29, 0.717) is 18.2 Å². The first kappa shape index (κ1) is 15.7. The zero-order valence-electron chi connectivity index (χ0n) is 12.9. The standard InChI is InChI=1S/C15H19N5O2S/c1-2-11-5-3-4-6-13(11)18-14-9-16-20-15(19-14)17-12-7-8-23(21,22)10-12/h3-6,9,12H,2,7-8,10H2,1H3,(H2,17,18,19,20). The third-order valence-corrected chi connectivity index (χ3v) is 5.55. The number of sulfone groups is 1. The molecule has 8 heteroatoms. The minimum atomic E-state index is -2.94. The van der Waals surface area contributed by atoms with Crippen molar-refractivity contribution in [1.29, 1.82) is 0 Å². The van der Waals surface area contributed by atoms with Crippen LogP contribution in [0.2, 0.25) is 0 Å². The van der Waals surface area contributed by atoms with Crippen molar-refractivity contribution in [2.45, 2.75) is 25.8 Å². The highest BCUT2D eigenvalue weighted by Crippen LogP contribution is 2.20. The van der Waals surface area contributed by atoms with Crippen LogP contribution in [0.5, 0.6) is 0 Å². The van der Waals surface area contributed by atoms with Crippen LogP contribution in [-0.2, 0) is 16.3 Å². The predicted octanol–water partition coefficient (Wildman–Crippen LogP) is 1.78. The first-order valence-corrected chi connectivity index (χ1v) is 9.39. The lowest BCUT2D eigenvalue weighted by atomic mass is 10.1. The van der Waals surface area contributed by atoms with E-state index in [0.717, 1.165) is 12.1 Å². The summed E-state index contributed by atoms with van der Waals surface area (Å²) in [6, 6.07) is 7.84. The summed E-state index contributed by atoms with van der Waals surface area (Å²) in [4.78, 5) is 4.36. The number of nitrogens with one attached hydrogen (secondary N) is 2. The summed E-state index contributed by atoms with van der Waals surface area (Å²) in [7, 11) is -2.94. The van der Waals surface area contributed by atoms with Gasteiger partial charge >= 0.3 is 0 Å². The largest absolute Gasteiger partial charge is 0.349 e. The van der Waals surface area contributed by atoms with E-state index in [4.69, 9.17) is 0 Å². The Labute approximate surface area is 135 Å². The van der Waals surface area contributed by atoms with Gasteiger partial charge in [0, 0.05) is 11.7 Å². The van der Waals surface area contributed by atoms with Gasteiger partial charge in [0.15, 0.2) is 15.7 Å². The molecule has 23 heavy (non-hydrogen) atoms. The molecular formula is C15H19N5O2S. The maximum absolute atomic E-state index is 11.5. The van der Waals surface area contributed by atoms with Gasteiger partial charge in [0.25, 0.3) is 0 Å². The Hall–Kier alpha value is -2.22. The summed E-state index contributed by atoms with van der Waals surface area (Å²) in [6.45, 7) is 2.09. The highest BCUT2D eigenvalue weighted by Gasteiger charge is 2.28. The number of benzene rings is 1. The molecule has 0 amide bonds. The second-order valence-corrected chi connectivity index (χ2v) is 7.77. The molecule has 2 N–H and O–H groups in total. The molecule has 0 saturated carbocycles. The van der Waals surface area contributed by atoms with E-state index < -0.39 is 9.84 Å². The van der Waals surface area contributed by atoms with Crippen LogP contribution in [0.3, 0.4) is 0 Å². The molecule has 122 valence electrons. The quantitative estimate of drug-likeness (QED) is 0.860. The van der Waals surface area contributed by atoms with Crippen molar-refractivity contribution in [1.82, 2.24) is 15.2 Å². The maximum atomic E-state index is 11.5. The fourth-order valence-corrected chi connectivity index (χ4v) is 4.28. The van der Waals surface area contributed by atoms with E-state index in [1.165, 1.54) is 5.56 Å². The number of hydrogen-bond acceptors (Lipinski definition) is 7. The molecule has 0 spiro atoms. The van der Waals surface area contributed by atoms with Crippen LogP contribution in [0.15, 0.2) is 30.5 Å². The summed E-state index contributed by atoms with van der Waals surface area (Å²) in [5.74, 6) is 1.24. The van der Waals surface area contributed by atoms with Gasteiger partial charge in [-0.05, 0) is 24.5 Å². The fourth-order valence-electron chi connectivity index (χ4n) is 2.60. The number of aryl methyl sites for hydroxylation is 1. The van der Waals surface area contributed by atoms with Gasteiger partial charge < -0.3 is 10.6 Å². The van der Waals surface area contributed by atoms with E-state index in [-0.39, 0.29) is 17.5 Å². The molecule has 2 heterocycles. The van der Waals surface area contributed by atoms with Crippen molar-refractivity contribution >= 4 is 27.3 Å². The van der Waals surface area contributed by atoms with Crippen LogP contribution in [0.4, 0.5) is 17.5 Å². The van der Waals surface area contributed by atoms with Crippen LogP contribution < -0.4 is 10.6 Å². The maximum Gasteiger partial charge on any atom is 0.244 e. The Morgan fingerprint density at radius 2 is 2.13 bits per heavy atom. The minimum Gasteiger partial charge on any atom is -0.349 e.